The van der Waals surface area contributed by atoms with Gasteiger partial charge in [-0.25, -0.2) is 0 Å². The van der Waals surface area contributed by atoms with Crippen LogP contribution in [0, 0.1) is 6.92 Å². The molecule has 0 unspecified atom stereocenters. The summed E-state index contributed by atoms with van der Waals surface area (Å²) in [5.74, 6) is 0. The van der Waals surface area contributed by atoms with E-state index in [1.807, 2.05) is 13.2 Å². The van der Waals surface area contributed by atoms with Crippen molar-refractivity contribution in [3.05, 3.63) is 59.8 Å². The molecule has 5 heteroatoms. The summed E-state index contributed by atoms with van der Waals surface area (Å²) in [7, 11) is 4.17. The van der Waals surface area contributed by atoms with E-state index in [2.05, 4.69) is 76.2 Å². The molecular weight excluding hydrogens is 358 g/mol. The lowest BCUT2D eigenvalue weighted by Crippen LogP contribution is -2.34. The zero-order valence-corrected chi connectivity index (χ0v) is 17.9. The van der Waals surface area contributed by atoms with Crippen LogP contribution in [0.1, 0.15) is 30.0 Å². The summed E-state index contributed by atoms with van der Waals surface area (Å²) in [5, 5.41) is 9.24. The van der Waals surface area contributed by atoms with E-state index in [1.165, 1.54) is 27.7 Å². The second-order valence-corrected chi connectivity index (χ2v) is 8.38. The van der Waals surface area contributed by atoms with E-state index in [1.54, 1.807) is 0 Å². The van der Waals surface area contributed by atoms with Gasteiger partial charge in [0, 0.05) is 43.8 Å². The second-order valence-electron chi connectivity index (χ2n) is 8.38. The van der Waals surface area contributed by atoms with Crippen molar-refractivity contribution >= 4 is 16.6 Å². The van der Waals surface area contributed by atoms with E-state index in [0.29, 0.717) is 6.04 Å². The maximum absolute atomic E-state index is 4.78. The molecule has 0 bridgehead atoms. The second kappa shape index (κ2) is 8.97. The molecule has 2 heterocycles. The number of hydrogen-bond donors (Lipinski definition) is 1. The minimum atomic E-state index is 0.484. The van der Waals surface area contributed by atoms with Crippen LogP contribution in [0.15, 0.2) is 48.7 Å². The van der Waals surface area contributed by atoms with Gasteiger partial charge in [-0.3, -0.25) is 4.68 Å². The number of hydrogen-bond acceptors (Lipinski definition) is 4. The average molecular weight is 392 g/mol. The lowest BCUT2D eigenvalue weighted by atomic mass is 10.0. The Hall–Kier alpha value is -2.37. The molecule has 0 saturated carbocycles. The number of likely N-dealkylation sites (N-methyl/N-ethyl adjacent to an activating group) is 2. The third-order valence-electron chi connectivity index (χ3n) is 6.03. The molecule has 1 aliphatic rings. The van der Waals surface area contributed by atoms with E-state index in [9.17, 15) is 0 Å². The fourth-order valence-electron chi connectivity index (χ4n) is 4.38. The predicted molar refractivity (Wildman–Crippen MR) is 122 cm³/mol. The average Bonchev–Trinajstić information content (AvgIpc) is 3.15. The molecule has 0 aliphatic carbocycles. The highest BCUT2D eigenvalue weighted by Crippen LogP contribution is 2.29. The summed E-state index contributed by atoms with van der Waals surface area (Å²) >= 11 is 0. The summed E-state index contributed by atoms with van der Waals surface area (Å²) in [6.45, 7) is 7.37. The highest BCUT2D eigenvalue weighted by atomic mass is 15.3. The first-order valence-electron chi connectivity index (χ1n) is 10.7. The highest BCUT2D eigenvalue weighted by Gasteiger charge is 2.22. The van der Waals surface area contributed by atoms with Crippen LogP contribution in [-0.2, 0) is 6.54 Å². The Balaban J connectivity index is 1.42. The van der Waals surface area contributed by atoms with Crippen LogP contribution in [0.2, 0.25) is 0 Å². The number of aromatic nitrogens is 2. The van der Waals surface area contributed by atoms with Crippen molar-refractivity contribution in [1.82, 2.24) is 20.0 Å². The van der Waals surface area contributed by atoms with Crippen LogP contribution in [-0.4, -0.2) is 55.0 Å². The van der Waals surface area contributed by atoms with Crippen molar-refractivity contribution in [2.45, 2.75) is 32.4 Å². The highest BCUT2D eigenvalue weighted by molar-refractivity contribution is 5.79. The fraction of sp³-hybridized carbons (Fsp3) is 0.458. The molecule has 1 fully saturated rings. The summed E-state index contributed by atoms with van der Waals surface area (Å²) < 4.78 is 2.26. The SMILES string of the molecule is CNCCN(C)Cc1ccc2c(cnn2C2CCN(c3cccc(C)c3)CC2)c1. The molecular formula is C24H33N5. The Morgan fingerprint density at radius 2 is 1.97 bits per heavy atom. The largest absolute Gasteiger partial charge is 0.371 e. The fourth-order valence-corrected chi connectivity index (χ4v) is 4.38. The smallest absolute Gasteiger partial charge is 0.0685 e. The maximum atomic E-state index is 4.78. The third kappa shape index (κ3) is 4.62. The van der Waals surface area contributed by atoms with Gasteiger partial charge >= 0.3 is 0 Å². The molecule has 1 aliphatic heterocycles. The summed E-state index contributed by atoms with van der Waals surface area (Å²) in [6.07, 6.45) is 4.32. The van der Waals surface area contributed by atoms with Gasteiger partial charge in [-0.05, 0) is 69.3 Å². The Bertz CT molecular complexity index is 939. The number of nitrogens with zero attached hydrogens (tertiary/aromatic N) is 4. The zero-order chi connectivity index (χ0) is 20.2. The molecule has 1 N–H and O–H groups in total. The standard InChI is InChI=1S/C24H33N5/c1-19-5-4-6-23(15-19)28-12-9-22(10-13-28)29-24-8-7-20(16-21(24)17-26-29)18-27(3)14-11-25-2/h4-8,15-17,22,25H,9-14,18H2,1-3H3. The molecule has 2 aromatic carbocycles. The lowest BCUT2D eigenvalue weighted by Gasteiger charge is -2.34. The minimum absolute atomic E-state index is 0.484. The molecule has 1 saturated heterocycles. The number of piperidine rings is 1. The van der Waals surface area contributed by atoms with E-state index in [-0.39, 0.29) is 0 Å². The van der Waals surface area contributed by atoms with Gasteiger partial charge in [-0.2, -0.15) is 5.10 Å². The first kappa shape index (κ1) is 19.9. The van der Waals surface area contributed by atoms with Gasteiger partial charge in [0.15, 0.2) is 0 Å². The van der Waals surface area contributed by atoms with Gasteiger partial charge < -0.3 is 15.1 Å². The molecule has 29 heavy (non-hydrogen) atoms. The van der Waals surface area contributed by atoms with E-state index >= 15 is 0 Å². The normalized spacial score (nSPS) is 15.5. The molecule has 0 atom stereocenters. The van der Waals surface area contributed by atoms with Crippen LogP contribution in [0.5, 0.6) is 0 Å². The zero-order valence-electron chi connectivity index (χ0n) is 17.9. The third-order valence-corrected chi connectivity index (χ3v) is 6.03. The molecule has 0 radical (unpaired) electrons. The summed E-state index contributed by atoms with van der Waals surface area (Å²) in [6, 6.07) is 16.2. The molecule has 1 aromatic heterocycles. The molecule has 3 aromatic rings. The van der Waals surface area contributed by atoms with E-state index in [4.69, 9.17) is 5.10 Å². The van der Waals surface area contributed by atoms with E-state index < -0.39 is 0 Å². The van der Waals surface area contributed by atoms with Gasteiger partial charge in [0.05, 0.1) is 17.8 Å². The molecule has 5 nitrogen and oxygen atoms in total. The van der Waals surface area contributed by atoms with Gasteiger partial charge in [0.25, 0.3) is 0 Å². The van der Waals surface area contributed by atoms with Gasteiger partial charge in [-0.15, -0.1) is 0 Å². The van der Waals surface area contributed by atoms with Crippen LogP contribution in [0.4, 0.5) is 5.69 Å². The number of anilines is 1. The van der Waals surface area contributed by atoms with Gasteiger partial charge in [0.2, 0.25) is 0 Å². The van der Waals surface area contributed by atoms with Crippen molar-refractivity contribution in [2.24, 2.45) is 0 Å². The number of benzene rings is 2. The van der Waals surface area contributed by atoms with Crippen molar-refractivity contribution in [3.63, 3.8) is 0 Å². The Kier molecular flexibility index (Phi) is 6.16. The first-order valence-corrected chi connectivity index (χ1v) is 10.7. The molecule has 4 rings (SSSR count). The number of nitrogens with one attached hydrogen (secondary N) is 1. The van der Waals surface area contributed by atoms with Crippen LogP contribution >= 0.6 is 0 Å². The lowest BCUT2D eigenvalue weighted by molar-refractivity contribution is 0.328. The summed E-state index contributed by atoms with van der Waals surface area (Å²) in [4.78, 5) is 4.86. The molecule has 0 amide bonds. The number of fused-ring (bicyclic) bond motifs is 1. The number of aryl methyl sites for hydroxylation is 1. The topological polar surface area (TPSA) is 36.3 Å². The van der Waals surface area contributed by atoms with Gasteiger partial charge in [0.1, 0.15) is 0 Å². The molecule has 154 valence electrons. The van der Waals surface area contributed by atoms with Crippen LogP contribution in [0.25, 0.3) is 10.9 Å². The Morgan fingerprint density at radius 1 is 1.14 bits per heavy atom. The monoisotopic (exact) mass is 391 g/mol. The molecule has 0 spiro atoms. The number of rotatable bonds is 7. The van der Waals surface area contributed by atoms with Crippen LogP contribution < -0.4 is 10.2 Å². The first-order chi connectivity index (χ1) is 14.1. The van der Waals surface area contributed by atoms with Crippen molar-refractivity contribution in [1.29, 1.82) is 0 Å². The summed E-state index contributed by atoms with van der Waals surface area (Å²) in [5.41, 5.74) is 5.29. The van der Waals surface area contributed by atoms with Crippen molar-refractivity contribution in [3.8, 4) is 0 Å². The van der Waals surface area contributed by atoms with Gasteiger partial charge in [-0.1, -0.05) is 18.2 Å². The van der Waals surface area contributed by atoms with Crippen molar-refractivity contribution < 1.29 is 0 Å². The minimum Gasteiger partial charge on any atom is -0.371 e. The quantitative estimate of drug-likeness (QED) is 0.664. The van der Waals surface area contributed by atoms with Crippen molar-refractivity contribution in [2.75, 3.05) is 45.2 Å². The predicted octanol–water partition coefficient (Wildman–Crippen LogP) is 3.84. The van der Waals surface area contributed by atoms with E-state index in [0.717, 1.165) is 45.6 Å². The van der Waals surface area contributed by atoms with Crippen LogP contribution in [0.3, 0.4) is 0 Å². The maximum Gasteiger partial charge on any atom is 0.0685 e. The Labute approximate surface area is 174 Å². The Morgan fingerprint density at radius 3 is 2.72 bits per heavy atom.